The molecule has 3 aliphatic rings. The zero-order valence-corrected chi connectivity index (χ0v) is 15.2. The van der Waals surface area contributed by atoms with Crippen molar-refractivity contribution in [3.05, 3.63) is 11.7 Å². The molecule has 7 heteroatoms. The van der Waals surface area contributed by atoms with Gasteiger partial charge in [-0.3, -0.25) is 9.69 Å². The average Bonchev–Trinajstić information content (AvgIpc) is 3.43. The molecular formula is C18H28N4O3. The summed E-state index contributed by atoms with van der Waals surface area (Å²) in [5, 5.41) is 3.88. The van der Waals surface area contributed by atoms with E-state index in [1.54, 1.807) is 0 Å². The molecule has 1 amide bonds. The smallest absolute Gasteiger partial charge is 0.243 e. The molecule has 3 heterocycles. The van der Waals surface area contributed by atoms with Gasteiger partial charge in [-0.15, -0.1) is 0 Å². The lowest BCUT2D eigenvalue weighted by atomic mass is 9.74. The van der Waals surface area contributed by atoms with Crippen LogP contribution in [0.15, 0.2) is 4.52 Å². The molecule has 1 saturated carbocycles. The van der Waals surface area contributed by atoms with Crippen LogP contribution >= 0.6 is 0 Å². The van der Waals surface area contributed by atoms with Crippen LogP contribution < -0.4 is 0 Å². The summed E-state index contributed by atoms with van der Waals surface area (Å²) in [7, 11) is 0. The lowest BCUT2D eigenvalue weighted by molar-refractivity contribution is -0.152. The number of aryl methyl sites for hydroxylation is 1. The van der Waals surface area contributed by atoms with E-state index in [4.69, 9.17) is 9.26 Å². The van der Waals surface area contributed by atoms with Crippen molar-refractivity contribution in [2.24, 2.45) is 11.3 Å². The van der Waals surface area contributed by atoms with Crippen LogP contribution in [0.3, 0.4) is 0 Å². The Morgan fingerprint density at radius 1 is 1.20 bits per heavy atom. The van der Waals surface area contributed by atoms with E-state index in [0.717, 1.165) is 52.2 Å². The highest BCUT2D eigenvalue weighted by atomic mass is 16.5. The number of amides is 1. The summed E-state index contributed by atoms with van der Waals surface area (Å²) in [6, 6.07) is 0.0962. The summed E-state index contributed by atoms with van der Waals surface area (Å²) in [6.45, 7) is 8.66. The molecule has 1 aliphatic carbocycles. The number of ether oxygens (including phenoxy) is 1. The van der Waals surface area contributed by atoms with Crippen molar-refractivity contribution >= 4 is 5.91 Å². The summed E-state index contributed by atoms with van der Waals surface area (Å²) >= 11 is 0. The van der Waals surface area contributed by atoms with Crippen molar-refractivity contribution in [3.8, 4) is 0 Å². The van der Waals surface area contributed by atoms with E-state index in [2.05, 4.69) is 26.9 Å². The topological polar surface area (TPSA) is 71.7 Å². The molecule has 0 bridgehead atoms. The summed E-state index contributed by atoms with van der Waals surface area (Å²) in [5.41, 5.74) is -0.143. The number of piperazine rings is 1. The number of hydrogen-bond acceptors (Lipinski definition) is 6. The molecule has 25 heavy (non-hydrogen) atoms. The Morgan fingerprint density at radius 2 is 1.88 bits per heavy atom. The molecule has 0 unspecified atom stereocenters. The third kappa shape index (κ3) is 3.19. The second-order valence-corrected chi connectivity index (χ2v) is 7.73. The van der Waals surface area contributed by atoms with Gasteiger partial charge in [0, 0.05) is 39.4 Å². The Labute approximate surface area is 148 Å². The lowest BCUT2D eigenvalue weighted by Gasteiger charge is -2.43. The molecule has 3 fully saturated rings. The fourth-order valence-corrected chi connectivity index (χ4v) is 4.43. The van der Waals surface area contributed by atoms with Gasteiger partial charge in [0.1, 0.15) is 0 Å². The highest BCUT2D eigenvalue weighted by Crippen LogP contribution is 2.52. The fourth-order valence-electron chi connectivity index (χ4n) is 4.43. The maximum Gasteiger partial charge on any atom is 0.243 e. The number of hydrogen-bond donors (Lipinski definition) is 0. The SMILES string of the molecule is Cc1noc([C@@H](C)N2CCN(C(=O)C3(C4CC4)CCOCC3)CC2)n1. The van der Waals surface area contributed by atoms with Crippen LogP contribution in [0.4, 0.5) is 0 Å². The van der Waals surface area contributed by atoms with Gasteiger partial charge in [0.15, 0.2) is 5.82 Å². The normalized spacial score (nSPS) is 25.8. The molecule has 0 N–H and O–H groups in total. The van der Waals surface area contributed by atoms with Gasteiger partial charge in [-0.25, -0.2) is 0 Å². The molecule has 1 aromatic rings. The quantitative estimate of drug-likeness (QED) is 0.826. The van der Waals surface area contributed by atoms with Gasteiger partial charge in [0.2, 0.25) is 11.8 Å². The number of carbonyl (C=O) groups excluding carboxylic acids is 1. The first kappa shape index (κ1) is 17.0. The van der Waals surface area contributed by atoms with E-state index in [0.29, 0.717) is 23.5 Å². The molecule has 138 valence electrons. The van der Waals surface area contributed by atoms with Crippen LogP contribution in [-0.4, -0.2) is 65.2 Å². The Bertz CT molecular complexity index is 614. The Kier molecular flexibility index (Phi) is 4.54. The lowest BCUT2D eigenvalue weighted by Crippen LogP contribution is -2.55. The maximum absolute atomic E-state index is 13.3. The first-order chi connectivity index (χ1) is 12.1. The van der Waals surface area contributed by atoms with Gasteiger partial charge in [0.05, 0.1) is 11.5 Å². The predicted octanol–water partition coefficient (Wildman–Crippen LogP) is 1.79. The van der Waals surface area contributed by atoms with E-state index in [1.807, 2.05) is 6.92 Å². The van der Waals surface area contributed by atoms with Gasteiger partial charge >= 0.3 is 0 Å². The van der Waals surface area contributed by atoms with E-state index in [-0.39, 0.29) is 11.5 Å². The molecule has 0 aromatic carbocycles. The number of aromatic nitrogens is 2. The molecule has 0 radical (unpaired) electrons. The largest absolute Gasteiger partial charge is 0.381 e. The van der Waals surface area contributed by atoms with Gasteiger partial charge in [0.25, 0.3) is 0 Å². The standard InChI is InChI=1S/C18H28N4O3/c1-13(16-19-14(2)20-25-16)21-7-9-22(10-8-21)17(23)18(15-3-4-15)5-11-24-12-6-18/h13,15H,3-12H2,1-2H3/t13-/m1/s1. The summed E-state index contributed by atoms with van der Waals surface area (Å²) in [6.07, 6.45) is 4.21. The first-order valence-corrected chi connectivity index (χ1v) is 9.51. The van der Waals surface area contributed by atoms with E-state index < -0.39 is 0 Å². The zero-order chi connectivity index (χ0) is 17.4. The van der Waals surface area contributed by atoms with E-state index >= 15 is 0 Å². The fraction of sp³-hybridized carbons (Fsp3) is 0.833. The minimum atomic E-state index is -0.143. The van der Waals surface area contributed by atoms with E-state index in [9.17, 15) is 4.79 Å². The minimum Gasteiger partial charge on any atom is -0.381 e. The first-order valence-electron chi connectivity index (χ1n) is 9.51. The van der Waals surface area contributed by atoms with Gasteiger partial charge < -0.3 is 14.2 Å². The monoisotopic (exact) mass is 348 g/mol. The van der Waals surface area contributed by atoms with Crippen LogP contribution in [0.5, 0.6) is 0 Å². The molecule has 0 spiro atoms. The summed E-state index contributed by atoms with van der Waals surface area (Å²) in [4.78, 5) is 22.1. The molecule has 2 saturated heterocycles. The highest BCUT2D eigenvalue weighted by Gasteiger charge is 2.52. The van der Waals surface area contributed by atoms with Crippen molar-refractivity contribution in [3.63, 3.8) is 0 Å². The summed E-state index contributed by atoms with van der Waals surface area (Å²) in [5.74, 6) is 2.29. The molecule has 2 aliphatic heterocycles. The Morgan fingerprint density at radius 3 is 2.44 bits per heavy atom. The Hall–Kier alpha value is -1.47. The third-order valence-electron chi connectivity index (χ3n) is 6.22. The zero-order valence-electron chi connectivity index (χ0n) is 15.2. The second-order valence-electron chi connectivity index (χ2n) is 7.73. The Balaban J connectivity index is 1.38. The van der Waals surface area contributed by atoms with Crippen LogP contribution in [0.2, 0.25) is 0 Å². The van der Waals surface area contributed by atoms with Crippen molar-refractivity contribution < 1.29 is 14.1 Å². The third-order valence-corrected chi connectivity index (χ3v) is 6.22. The highest BCUT2D eigenvalue weighted by molar-refractivity contribution is 5.83. The van der Waals surface area contributed by atoms with Gasteiger partial charge in [-0.05, 0) is 45.4 Å². The van der Waals surface area contributed by atoms with Crippen LogP contribution in [0.1, 0.15) is 50.4 Å². The minimum absolute atomic E-state index is 0.0962. The van der Waals surface area contributed by atoms with Crippen molar-refractivity contribution in [1.82, 2.24) is 19.9 Å². The second kappa shape index (κ2) is 6.68. The molecular weight excluding hydrogens is 320 g/mol. The number of rotatable bonds is 4. The molecule has 4 rings (SSSR count). The van der Waals surface area contributed by atoms with Crippen LogP contribution in [0, 0.1) is 18.3 Å². The average molecular weight is 348 g/mol. The molecule has 1 atom stereocenters. The molecule has 7 nitrogen and oxygen atoms in total. The van der Waals surface area contributed by atoms with Crippen molar-refractivity contribution in [2.75, 3.05) is 39.4 Å². The van der Waals surface area contributed by atoms with Crippen molar-refractivity contribution in [2.45, 2.75) is 45.6 Å². The van der Waals surface area contributed by atoms with Crippen LogP contribution in [0.25, 0.3) is 0 Å². The number of nitrogens with zero attached hydrogens (tertiary/aromatic N) is 4. The maximum atomic E-state index is 13.3. The molecule has 1 aromatic heterocycles. The van der Waals surface area contributed by atoms with Gasteiger partial charge in [-0.2, -0.15) is 4.98 Å². The number of carbonyl (C=O) groups is 1. The van der Waals surface area contributed by atoms with Crippen LogP contribution in [-0.2, 0) is 9.53 Å². The van der Waals surface area contributed by atoms with Gasteiger partial charge in [-0.1, -0.05) is 5.16 Å². The van der Waals surface area contributed by atoms with E-state index in [1.165, 1.54) is 12.8 Å². The predicted molar refractivity (Wildman–Crippen MR) is 90.8 cm³/mol. The summed E-state index contributed by atoms with van der Waals surface area (Å²) < 4.78 is 10.8. The van der Waals surface area contributed by atoms with Crippen molar-refractivity contribution in [1.29, 1.82) is 0 Å².